The van der Waals surface area contributed by atoms with Gasteiger partial charge in [0.1, 0.15) is 5.78 Å². The quantitative estimate of drug-likeness (QED) is 0.595. The van der Waals surface area contributed by atoms with Crippen molar-refractivity contribution in [2.45, 2.75) is 33.8 Å². The normalized spacial score (nSPS) is 45.8. The molecule has 6 fully saturated rings. The van der Waals surface area contributed by atoms with E-state index in [1.165, 1.54) is 0 Å². The van der Waals surface area contributed by atoms with Crippen molar-refractivity contribution in [1.29, 1.82) is 0 Å². The second-order valence-corrected chi connectivity index (χ2v) is 16.3. The monoisotopic (exact) mass is 508 g/mol. The molecule has 6 aliphatic carbocycles. The molecular formula is C28H28O5S2. The van der Waals surface area contributed by atoms with Crippen molar-refractivity contribution in [2.75, 3.05) is 5.75 Å². The summed E-state index contributed by atoms with van der Waals surface area (Å²) in [4.78, 5) is 14.8. The van der Waals surface area contributed by atoms with Gasteiger partial charge in [0.25, 0.3) is 0 Å². The Kier molecular flexibility index (Phi) is 3.90. The molecule has 11 unspecified atom stereocenters. The van der Waals surface area contributed by atoms with Crippen molar-refractivity contribution in [3.05, 3.63) is 60.7 Å². The van der Waals surface area contributed by atoms with Gasteiger partial charge in [0, 0.05) is 11.8 Å². The highest BCUT2D eigenvalue weighted by Gasteiger charge is 2.88. The van der Waals surface area contributed by atoms with Crippen LogP contribution in [0, 0.1) is 59.2 Å². The van der Waals surface area contributed by atoms with Gasteiger partial charge in [0.05, 0.1) is 20.3 Å². The zero-order valence-electron chi connectivity index (χ0n) is 19.2. The number of hydrogen-bond acceptors (Lipinski definition) is 5. The minimum absolute atomic E-state index is 0.0392. The average molecular weight is 509 g/mol. The van der Waals surface area contributed by atoms with E-state index in [9.17, 15) is 21.6 Å². The Morgan fingerprint density at radius 1 is 0.771 bits per heavy atom. The highest BCUT2D eigenvalue weighted by molar-refractivity contribution is 7.93. The molecule has 2 bridgehead atoms. The van der Waals surface area contributed by atoms with Gasteiger partial charge in [-0.05, 0) is 90.9 Å². The van der Waals surface area contributed by atoms with E-state index in [-0.39, 0.29) is 47.0 Å². The number of ketones is 1. The lowest BCUT2D eigenvalue weighted by Gasteiger charge is -2.42. The largest absolute Gasteiger partial charge is 0.299 e. The number of Topliss-reactive ketones (excluding diaryl/α,β-unsaturated/α-hetero) is 1. The first-order valence-electron chi connectivity index (χ1n) is 12.9. The van der Waals surface area contributed by atoms with E-state index in [0.717, 1.165) is 6.42 Å². The Bertz CT molecular complexity index is 1470. The Hall–Kier alpha value is -1.99. The predicted octanol–water partition coefficient (Wildman–Crippen LogP) is 3.66. The molecule has 0 aliphatic heterocycles. The second-order valence-electron chi connectivity index (χ2n) is 11.9. The van der Waals surface area contributed by atoms with E-state index < -0.39 is 30.3 Å². The lowest BCUT2D eigenvalue weighted by molar-refractivity contribution is -0.128. The molecule has 0 heterocycles. The van der Waals surface area contributed by atoms with Crippen LogP contribution in [0.25, 0.3) is 0 Å². The lowest BCUT2D eigenvalue weighted by Crippen LogP contribution is -2.53. The summed E-state index contributed by atoms with van der Waals surface area (Å²) in [7, 11) is -7.05. The fraction of sp³-hybridized carbons (Fsp3) is 0.536. The van der Waals surface area contributed by atoms with Gasteiger partial charge in [-0.25, -0.2) is 16.8 Å². The summed E-state index contributed by atoms with van der Waals surface area (Å²) in [5.74, 6) is 1.70. The van der Waals surface area contributed by atoms with Crippen LogP contribution in [-0.4, -0.2) is 33.1 Å². The summed E-state index contributed by atoms with van der Waals surface area (Å²) < 4.78 is 53.6. The van der Waals surface area contributed by atoms with Crippen LogP contribution in [0.4, 0.5) is 0 Å². The third-order valence-corrected chi connectivity index (χ3v) is 15.7. The summed E-state index contributed by atoms with van der Waals surface area (Å²) in [6.07, 6.45) is 2.00. The number of carbonyl (C=O) groups excluding carboxylic acids is 1. The van der Waals surface area contributed by atoms with Gasteiger partial charge < -0.3 is 0 Å². The lowest BCUT2D eigenvalue weighted by atomic mass is 9.70. The molecule has 0 saturated heterocycles. The smallest absolute Gasteiger partial charge is 0.185 e. The molecule has 11 atom stereocenters. The third-order valence-electron chi connectivity index (χ3n) is 11.3. The van der Waals surface area contributed by atoms with E-state index in [2.05, 4.69) is 0 Å². The number of sulfone groups is 2. The molecule has 0 spiro atoms. The molecule has 6 aliphatic rings. The Labute approximate surface area is 206 Å². The highest BCUT2D eigenvalue weighted by Crippen LogP contribution is 2.86. The molecule has 0 amide bonds. The van der Waals surface area contributed by atoms with Crippen LogP contribution in [0.2, 0.25) is 0 Å². The van der Waals surface area contributed by atoms with Gasteiger partial charge >= 0.3 is 0 Å². The van der Waals surface area contributed by atoms with E-state index >= 15 is 0 Å². The maximum absolute atomic E-state index is 14.2. The van der Waals surface area contributed by atoms with Gasteiger partial charge in [0.15, 0.2) is 19.7 Å². The summed E-state index contributed by atoms with van der Waals surface area (Å²) in [6.45, 7) is 0. The van der Waals surface area contributed by atoms with Crippen LogP contribution in [0.5, 0.6) is 0 Å². The van der Waals surface area contributed by atoms with E-state index in [1.807, 2.05) is 12.1 Å². The summed E-state index contributed by atoms with van der Waals surface area (Å²) in [5, 5.41) is 0. The van der Waals surface area contributed by atoms with Crippen molar-refractivity contribution in [2.24, 2.45) is 59.2 Å². The number of benzene rings is 2. The highest BCUT2D eigenvalue weighted by atomic mass is 32.2. The minimum atomic E-state index is -3.65. The van der Waals surface area contributed by atoms with Crippen LogP contribution in [0.3, 0.4) is 0 Å². The standard InChI is InChI=1S/C28H28O5S2/c29-27-24-17(11-12-34(30,31)15-7-3-1-4-8-15)18-13-20-21-19-14-28(20,26(27)23(19)25(24)22(18)21)35(32,33)16-9-5-2-6-10-16/h1-10,17-26H,11-14H2. The van der Waals surface area contributed by atoms with Crippen LogP contribution in [0.15, 0.2) is 70.5 Å². The average Bonchev–Trinajstić information content (AvgIpc) is 3.64. The van der Waals surface area contributed by atoms with Crippen LogP contribution >= 0.6 is 0 Å². The molecule has 182 valence electrons. The van der Waals surface area contributed by atoms with Gasteiger partial charge in [0.2, 0.25) is 0 Å². The molecule has 6 saturated carbocycles. The van der Waals surface area contributed by atoms with E-state index in [0.29, 0.717) is 40.4 Å². The molecule has 2 aromatic carbocycles. The molecule has 0 N–H and O–H groups in total. The third kappa shape index (κ3) is 2.22. The number of fused-ring (bicyclic) bond motifs is 3. The van der Waals surface area contributed by atoms with Crippen LogP contribution < -0.4 is 0 Å². The molecule has 2 aromatic rings. The molecule has 0 radical (unpaired) electrons. The summed E-state index contributed by atoms with van der Waals surface area (Å²) in [5.41, 5.74) is 0. The number of rotatable bonds is 6. The Morgan fingerprint density at radius 3 is 2.11 bits per heavy atom. The molecule has 0 aromatic heterocycles. The molecule has 7 heteroatoms. The van der Waals surface area contributed by atoms with E-state index in [4.69, 9.17) is 0 Å². The fourth-order valence-corrected chi connectivity index (χ4v) is 14.8. The molecule has 5 nitrogen and oxygen atoms in total. The maximum atomic E-state index is 14.2. The predicted molar refractivity (Wildman–Crippen MR) is 129 cm³/mol. The van der Waals surface area contributed by atoms with Gasteiger partial charge in [-0.3, -0.25) is 4.79 Å². The van der Waals surface area contributed by atoms with Crippen molar-refractivity contribution in [3.63, 3.8) is 0 Å². The van der Waals surface area contributed by atoms with Crippen molar-refractivity contribution < 1.29 is 21.6 Å². The number of hydrogen-bond donors (Lipinski definition) is 0. The van der Waals surface area contributed by atoms with Crippen LogP contribution in [0.1, 0.15) is 19.3 Å². The van der Waals surface area contributed by atoms with Crippen molar-refractivity contribution in [3.8, 4) is 0 Å². The fourth-order valence-electron chi connectivity index (χ4n) is 10.8. The van der Waals surface area contributed by atoms with Gasteiger partial charge in [-0.2, -0.15) is 0 Å². The summed E-state index contributed by atoms with van der Waals surface area (Å²) in [6, 6.07) is 17.3. The first kappa shape index (κ1) is 21.1. The maximum Gasteiger partial charge on any atom is 0.185 e. The topological polar surface area (TPSA) is 85.3 Å². The number of carbonyl (C=O) groups is 1. The molecule has 8 rings (SSSR count). The zero-order valence-corrected chi connectivity index (χ0v) is 20.9. The van der Waals surface area contributed by atoms with Gasteiger partial charge in [-0.15, -0.1) is 0 Å². The summed E-state index contributed by atoms with van der Waals surface area (Å²) >= 11 is 0. The molecule has 35 heavy (non-hydrogen) atoms. The van der Waals surface area contributed by atoms with Gasteiger partial charge in [-0.1, -0.05) is 36.4 Å². The second kappa shape index (κ2) is 6.46. The zero-order chi connectivity index (χ0) is 23.9. The Morgan fingerprint density at radius 2 is 1.43 bits per heavy atom. The SMILES string of the molecule is O=C1C2C(CCS(=O)(=O)c3ccccc3)C3CC4C5C6CC4(S(=O)(=O)c4ccccc4)C1C6C2C35. The van der Waals surface area contributed by atoms with Crippen molar-refractivity contribution in [1.82, 2.24) is 0 Å². The Balaban J connectivity index is 1.18. The van der Waals surface area contributed by atoms with Crippen LogP contribution in [-0.2, 0) is 24.5 Å². The first-order chi connectivity index (χ1) is 16.8. The van der Waals surface area contributed by atoms with Crippen molar-refractivity contribution >= 4 is 25.5 Å². The molecular weight excluding hydrogens is 480 g/mol. The van der Waals surface area contributed by atoms with E-state index in [1.54, 1.807) is 48.5 Å². The first-order valence-corrected chi connectivity index (χ1v) is 16.0. The minimum Gasteiger partial charge on any atom is -0.299 e.